The van der Waals surface area contributed by atoms with Gasteiger partial charge in [-0.1, -0.05) is 25.1 Å². The first-order chi connectivity index (χ1) is 13.2. The van der Waals surface area contributed by atoms with Gasteiger partial charge >= 0.3 is 0 Å². The number of hydrogen-bond donors (Lipinski definition) is 1. The summed E-state index contributed by atoms with van der Waals surface area (Å²) >= 11 is 5.89. The third-order valence-corrected chi connectivity index (χ3v) is 5.63. The summed E-state index contributed by atoms with van der Waals surface area (Å²) < 4.78 is 2.31. The highest BCUT2D eigenvalue weighted by Crippen LogP contribution is 2.33. The average Bonchev–Trinajstić information content (AvgIpc) is 3.18. The fourth-order valence-corrected chi connectivity index (χ4v) is 4.18. The van der Waals surface area contributed by atoms with Crippen molar-refractivity contribution in [3.05, 3.63) is 83.4 Å². The lowest BCUT2D eigenvalue weighted by atomic mass is 10.0. The number of benzene rings is 1. The van der Waals surface area contributed by atoms with E-state index in [1.165, 1.54) is 22.4 Å². The summed E-state index contributed by atoms with van der Waals surface area (Å²) in [7, 11) is 0. The van der Waals surface area contributed by atoms with Crippen LogP contribution in [0.15, 0.2) is 61.1 Å². The van der Waals surface area contributed by atoms with Crippen molar-refractivity contribution < 1.29 is 0 Å². The zero-order valence-corrected chi connectivity index (χ0v) is 16.5. The first-order valence-electron chi connectivity index (χ1n) is 9.40. The van der Waals surface area contributed by atoms with E-state index in [4.69, 9.17) is 12.2 Å². The third-order valence-electron chi connectivity index (χ3n) is 5.29. The molecule has 3 heterocycles. The monoisotopic (exact) mass is 376 g/mol. The van der Waals surface area contributed by atoms with E-state index >= 15 is 0 Å². The second kappa shape index (κ2) is 7.53. The van der Waals surface area contributed by atoms with Crippen LogP contribution in [0.5, 0.6) is 0 Å². The number of rotatable bonds is 3. The molecule has 2 aromatic heterocycles. The molecule has 1 atom stereocenters. The van der Waals surface area contributed by atoms with Crippen molar-refractivity contribution >= 4 is 23.0 Å². The third kappa shape index (κ3) is 3.35. The van der Waals surface area contributed by atoms with Gasteiger partial charge in [0.05, 0.1) is 6.04 Å². The van der Waals surface area contributed by atoms with Crippen molar-refractivity contribution in [2.75, 3.05) is 11.9 Å². The van der Waals surface area contributed by atoms with Crippen LogP contribution in [0.3, 0.4) is 0 Å². The normalized spacial score (nSPS) is 16.1. The Hall–Kier alpha value is -2.66. The molecule has 27 heavy (non-hydrogen) atoms. The fraction of sp³-hybridized carbons (Fsp3) is 0.273. The van der Waals surface area contributed by atoms with Crippen LogP contribution in [-0.4, -0.2) is 26.1 Å². The second-order valence-electron chi connectivity index (χ2n) is 6.90. The number of para-hydroxylation sites is 1. The Balaban J connectivity index is 1.69. The van der Waals surface area contributed by atoms with Gasteiger partial charge in [-0.3, -0.25) is 4.98 Å². The number of fused-ring (bicyclic) bond motifs is 1. The van der Waals surface area contributed by atoms with Crippen LogP contribution in [0, 0.1) is 6.92 Å². The SMILES string of the molecule is CCc1cccc(C)c1NC(=S)N1CCn2cccc2C1c1ccncc1. The highest BCUT2D eigenvalue weighted by Gasteiger charge is 2.30. The van der Waals surface area contributed by atoms with E-state index < -0.39 is 0 Å². The first-order valence-corrected chi connectivity index (χ1v) is 9.81. The number of aryl methyl sites for hydroxylation is 2. The maximum absolute atomic E-state index is 5.89. The van der Waals surface area contributed by atoms with Crippen LogP contribution in [0.25, 0.3) is 0 Å². The molecule has 1 aliphatic rings. The Morgan fingerprint density at radius 2 is 1.96 bits per heavy atom. The van der Waals surface area contributed by atoms with Gasteiger partial charge < -0.3 is 14.8 Å². The zero-order valence-electron chi connectivity index (χ0n) is 15.7. The summed E-state index contributed by atoms with van der Waals surface area (Å²) in [5, 5.41) is 4.33. The highest BCUT2D eigenvalue weighted by molar-refractivity contribution is 7.80. The molecule has 0 amide bonds. The number of pyridine rings is 1. The Morgan fingerprint density at radius 1 is 1.15 bits per heavy atom. The number of aromatic nitrogens is 2. The lowest BCUT2D eigenvalue weighted by Gasteiger charge is -2.39. The van der Waals surface area contributed by atoms with E-state index in [1.54, 1.807) is 0 Å². The first kappa shape index (κ1) is 17.7. The Morgan fingerprint density at radius 3 is 2.74 bits per heavy atom. The molecule has 0 aliphatic carbocycles. The lowest BCUT2D eigenvalue weighted by molar-refractivity contribution is 0.293. The quantitative estimate of drug-likeness (QED) is 0.680. The van der Waals surface area contributed by atoms with E-state index in [0.717, 1.165) is 30.3 Å². The Kier molecular flexibility index (Phi) is 4.94. The van der Waals surface area contributed by atoms with Crippen molar-refractivity contribution in [2.45, 2.75) is 32.9 Å². The molecule has 5 heteroatoms. The number of thiocarbonyl (C=S) groups is 1. The topological polar surface area (TPSA) is 33.1 Å². The van der Waals surface area contributed by atoms with Gasteiger partial charge in [0.2, 0.25) is 0 Å². The van der Waals surface area contributed by atoms with Crippen LogP contribution >= 0.6 is 12.2 Å². The van der Waals surface area contributed by atoms with Crippen molar-refractivity contribution in [1.82, 2.24) is 14.5 Å². The second-order valence-corrected chi connectivity index (χ2v) is 7.28. The van der Waals surface area contributed by atoms with Crippen LogP contribution in [0.4, 0.5) is 5.69 Å². The maximum Gasteiger partial charge on any atom is 0.174 e. The minimum Gasteiger partial charge on any atom is -0.348 e. The summed E-state index contributed by atoms with van der Waals surface area (Å²) in [6, 6.07) is 14.9. The van der Waals surface area contributed by atoms with Gasteiger partial charge in [-0.05, 0) is 66.5 Å². The Labute approximate surface area is 165 Å². The van der Waals surface area contributed by atoms with Crippen LogP contribution in [0.2, 0.25) is 0 Å². The summed E-state index contributed by atoms with van der Waals surface area (Å²) in [5.74, 6) is 0. The van der Waals surface area contributed by atoms with E-state index in [0.29, 0.717) is 0 Å². The molecule has 0 spiro atoms. The molecular formula is C22H24N4S. The molecule has 138 valence electrons. The number of hydrogen-bond acceptors (Lipinski definition) is 2. The fourth-order valence-electron chi connectivity index (χ4n) is 3.88. The van der Waals surface area contributed by atoms with Gasteiger partial charge in [0.25, 0.3) is 0 Å². The molecule has 0 fully saturated rings. The predicted octanol–water partition coefficient (Wildman–Crippen LogP) is 4.56. The van der Waals surface area contributed by atoms with Gasteiger partial charge in [0.15, 0.2) is 5.11 Å². The summed E-state index contributed by atoms with van der Waals surface area (Å²) in [6.45, 7) is 6.11. The summed E-state index contributed by atoms with van der Waals surface area (Å²) in [4.78, 5) is 6.48. The molecule has 0 bridgehead atoms. The van der Waals surface area contributed by atoms with Gasteiger partial charge in [-0.25, -0.2) is 0 Å². The lowest BCUT2D eigenvalue weighted by Crippen LogP contribution is -2.44. The molecule has 1 aromatic carbocycles. The molecule has 0 radical (unpaired) electrons. The summed E-state index contributed by atoms with van der Waals surface area (Å²) in [6.07, 6.45) is 6.82. The zero-order chi connectivity index (χ0) is 18.8. The van der Waals surface area contributed by atoms with Crippen molar-refractivity contribution in [1.29, 1.82) is 0 Å². The van der Waals surface area contributed by atoms with Crippen molar-refractivity contribution in [3.8, 4) is 0 Å². The number of nitrogens with one attached hydrogen (secondary N) is 1. The van der Waals surface area contributed by atoms with Crippen LogP contribution in [-0.2, 0) is 13.0 Å². The molecular weight excluding hydrogens is 352 g/mol. The minimum atomic E-state index is 0.0887. The van der Waals surface area contributed by atoms with Crippen molar-refractivity contribution in [2.24, 2.45) is 0 Å². The van der Waals surface area contributed by atoms with E-state index in [1.807, 2.05) is 12.4 Å². The maximum atomic E-state index is 5.89. The van der Waals surface area contributed by atoms with E-state index in [-0.39, 0.29) is 6.04 Å². The van der Waals surface area contributed by atoms with Crippen LogP contribution in [0.1, 0.15) is 35.3 Å². The average molecular weight is 377 g/mol. The molecule has 0 saturated carbocycles. The molecule has 1 unspecified atom stereocenters. The van der Waals surface area contributed by atoms with Gasteiger partial charge in [-0.15, -0.1) is 0 Å². The van der Waals surface area contributed by atoms with Gasteiger partial charge in [0, 0.05) is 43.1 Å². The minimum absolute atomic E-state index is 0.0887. The molecule has 1 aliphatic heterocycles. The van der Waals surface area contributed by atoms with Crippen LogP contribution < -0.4 is 5.32 Å². The highest BCUT2D eigenvalue weighted by atomic mass is 32.1. The number of nitrogens with zero attached hydrogens (tertiary/aromatic N) is 3. The molecule has 4 rings (SSSR count). The smallest absolute Gasteiger partial charge is 0.174 e. The van der Waals surface area contributed by atoms with Gasteiger partial charge in [-0.2, -0.15) is 0 Å². The van der Waals surface area contributed by atoms with Crippen molar-refractivity contribution in [3.63, 3.8) is 0 Å². The number of anilines is 1. The Bertz CT molecular complexity index is 948. The molecule has 1 N–H and O–H groups in total. The van der Waals surface area contributed by atoms with E-state index in [9.17, 15) is 0 Å². The molecule has 0 saturated heterocycles. The predicted molar refractivity (Wildman–Crippen MR) is 114 cm³/mol. The van der Waals surface area contributed by atoms with E-state index in [2.05, 4.69) is 82.3 Å². The summed E-state index contributed by atoms with van der Waals surface area (Å²) in [5.41, 5.74) is 6.11. The van der Waals surface area contributed by atoms with Gasteiger partial charge in [0.1, 0.15) is 0 Å². The largest absolute Gasteiger partial charge is 0.348 e. The molecule has 4 nitrogen and oxygen atoms in total. The molecule has 3 aromatic rings. The standard InChI is InChI=1S/C22H24N4S/c1-3-17-7-4-6-16(2)20(17)24-22(27)26-15-14-25-13-5-8-19(25)21(26)18-9-11-23-12-10-18/h4-13,21H,3,14-15H2,1-2H3,(H,24,27).